The summed E-state index contributed by atoms with van der Waals surface area (Å²) in [6, 6.07) is 18.5. The van der Waals surface area contributed by atoms with Gasteiger partial charge in [-0.1, -0.05) is 58.4 Å². The van der Waals surface area contributed by atoms with Gasteiger partial charge in [0.05, 0.1) is 5.69 Å². The molecule has 27 heavy (non-hydrogen) atoms. The number of benzene rings is 2. The van der Waals surface area contributed by atoms with Crippen LogP contribution in [0.1, 0.15) is 15.9 Å². The van der Waals surface area contributed by atoms with Crippen LogP contribution in [0.4, 0.5) is 0 Å². The molecule has 6 nitrogen and oxygen atoms in total. The van der Waals surface area contributed by atoms with Crippen LogP contribution >= 0.6 is 15.9 Å². The quantitative estimate of drug-likeness (QED) is 0.528. The lowest BCUT2D eigenvalue weighted by Gasteiger charge is -2.05. The molecular formula is C20H15BrN4O2. The standard InChI is InChI=1S/C20H15BrN4O2/c21-15-8-4-5-13(9-15)11-22-20(27)16-12-23-25-18(26)10-17(24-19(16)25)14-6-2-1-3-7-14/h1-10,12,23H,11H2,(H,22,27). The van der Waals surface area contributed by atoms with E-state index in [4.69, 9.17) is 0 Å². The van der Waals surface area contributed by atoms with E-state index in [1.165, 1.54) is 16.8 Å². The van der Waals surface area contributed by atoms with E-state index < -0.39 is 0 Å². The molecule has 0 aliphatic rings. The number of amides is 1. The van der Waals surface area contributed by atoms with Crippen molar-refractivity contribution in [1.82, 2.24) is 19.9 Å². The molecule has 0 bridgehead atoms. The van der Waals surface area contributed by atoms with E-state index in [9.17, 15) is 9.59 Å². The fourth-order valence-electron chi connectivity index (χ4n) is 2.83. The predicted molar refractivity (Wildman–Crippen MR) is 107 cm³/mol. The number of carbonyl (C=O) groups is 1. The van der Waals surface area contributed by atoms with Crippen LogP contribution in [-0.4, -0.2) is 20.5 Å². The first kappa shape index (κ1) is 17.2. The second kappa shape index (κ2) is 7.20. The number of carbonyl (C=O) groups excluding carboxylic acids is 1. The Labute approximate surface area is 163 Å². The van der Waals surface area contributed by atoms with Crippen LogP contribution in [0, 0.1) is 0 Å². The summed E-state index contributed by atoms with van der Waals surface area (Å²) >= 11 is 3.41. The van der Waals surface area contributed by atoms with Crippen molar-refractivity contribution in [1.29, 1.82) is 0 Å². The highest BCUT2D eigenvalue weighted by Gasteiger charge is 2.16. The Morgan fingerprint density at radius 1 is 1.11 bits per heavy atom. The molecule has 0 radical (unpaired) electrons. The Kier molecular flexibility index (Phi) is 4.60. The molecule has 2 aromatic heterocycles. The zero-order chi connectivity index (χ0) is 18.8. The van der Waals surface area contributed by atoms with E-state index in [0.29, 0.717) is 23.4 Å². The monoisotopic (exact) mass is 422 g/mol. The van der Waals surface area contributed by atoms with E-state index in [-0.39, 0.29) is 11.5 Å². The van der Waals surface area contributed by atoms with Crippen molar-refractivity contribution in [2.24, 2.45) is 0 Å². The minimum atomic E-state index is -0.300. The number of aromatic amines is 1. The maximum absolute atomic E-state index is 12.6. The third-order valence-electron chi connectivity index (χ3n) is 4.15. The molecule has 0 aliphatic heterocycles. The number of H-pyrrole nitrogens is 1. The zero-order valence-electron chi connectivity index (χ0n) is 14.1. The number of nitrogens with zero attached hydrogens (tertiary/aromatic N) is 2. The highest BCUT2D eigenvalue weighted by atomic mass is 79.9. The molecule has 0 saturated carbocycles. The summed E-state index contributed by atoms with van der Waals surface area (Å²) in [4.78, 5) is 29.5. The van der Waals surface area contributed by atoms with Crippen LogP contribution < -0.4 is 10.9 Å². The Balaban J connectivity index is 1.66. The van der Waals surface area contributed by atoms with Crippen molar-refractivity contribution >= 4 is 27.5 Å². The smallest absolute Gasteiger partial charge is 0.273 e. The van der Waals surface area contributed by atoms with Gasteiger partial charge in [0.1, 0.15) is 5.56 Å². The van der Waals surface area contributed by atoms with Gasteiger partial charge in [-0.2, -0.15) is 0 Å². The number of hydrogen-bond donors (Lipinski definition) is 2. The number of halogens is 1. The third-order valence-corrected chi connectivity index (χ3v) is 4.65. The van der Waals surface area contributed by atoms with Crippen LogP contribution in [0.3, 0.4) is 0 Å². The van der Waals surface area contributed by atoms with Gasteiger partial charge >= 0.3 is 0 Å². The molecule has 2 heterocycles. The number of hydrogen-bond acceptors (Lipinski definition) is 3. The lowest BCUT2D eigenvalue weighted by atomic mass is 10.1. The first-order valence-corrected chi connectivity index (χ1v) is 9.10. The summed E-state index contributed by atoms with van der Waals surface area (Å²) in [6.45, 7) is 0.373. The predicted octanol–water partition coefficient (Wildman–Crippen LogP) is 3.38. The minimum Gasteiger partial charge on any atom is -0.348 e. The van der Waals surface area contributed by atoms with Gasteiger partial charge in [0.25, 0.3) is 11.5 Å². The highest BCUT2D eigenvalue weighted by Crippen LogP contribution is 2.17. The lowest BCUT2D eigenvalue weighted by Crippen LogP contribution is -2.23. The van der Waals surface area contributed by atoms with Crippen molar-refractivity contribution in [3.8, 4) is 11.3 Å². The average molecular weight is 423 g/mol. The summed E-state index contributed by atoms with van der Waals surface area (Å²) < 4.78 is 2.21. The van der Waals surface area contributed by atoms with Gasteiger partial charge in [0.2, 0.25) is 0 Å². The number of rotatable bonds is 4. The van der Waals surface area contributed by atoms with Gasteiger partial charge in [0, 0.05) is 28.8 Å². The first-order chi connectivity index (χ1) is 13.1. The molecule has 2 N–H and O–H groups in total. The molecule has 7 heteroatoms. The lowest BCUT2D eigenvalue weighted by molar-refractivity contribution is 0.0952. The minimum absolute atomic E-state index is 0.273. The molecule has 0 saturated heterocycles. The molecule has 0 fully saturated rings. The summed E-state index contributed by atoms with van der Waals surface area (Å²) in [7, 11) is 0. The third kappa shape index (κ3) is 3.54. The van der Waals surface area contributed by atoms with Crippen molar-refractivity contribution in [2.45, 2.75) is 6.54 Å². The van der Waals surface area contributed by atoms with Gasteiger partial charge in [-0.05, 0) is 17.7 Å². The number of nitrogens with one attached hydrogen (secondary N) is 2. The van der Waals surface area contributed by atoms with E-state index in [2.05, 4.69) is 31.3 Å². The number of fused-ring (bicyclic) bond motifs is 1. The fraction of sp³-hybridized carbons (Fsp3) is 0.0500. The SMILES string of the molecule is O=C(NCc1cccc(Br)c1)c1c[nH]n2c(=O)cc(-c3ccccc3)nc12. The van der Waals surface area contributed by atoms with Crippen molar-refractivity contribution < 1.29 is 4.79 Å². The van der Waals surface area contributed by atoms with Crippen LogP contribution in [0.2, 0.25) is 0 Å². The van der Waals surface area contributed by atoms with Crippen LogP contribution in [-0.2, 0) is 6.54 Å². The summed E-state index contributed by atoms with van der Waals surface area (Å²) in [5.74, 6) is -0.300. The van der Waals surface area contributed by atoms with Crippen molar-refractivity contribution in [2.75, 3.05) is 0 Å². The topological polar surface area (TPSA) is 79.3 Å². The first-order valence-electron chi connectivity index (χ1n) is 8.31. The van der Waals surface area contributed by atoms with E-state index in [0.717, 1.165) is 15.6 Å². The maximum atomic E-state index is 12.6. The Bertz CT molecular complexity index is 1180. The molecule has 1 amide bonds. The highest BCUT2D eigenvalue weighted by molar-refractivity contribution is 9.10. The van der Waals surface area contributed by atoms with Gasteiger partial charge in [-0.3, -0.25) is 14.7 Å². The molecule has 0 atom stereocenters. The maximum Gasteiger partial charge on any atom is 0.273 e. The summed E-state index contributed by atoms with van der Waals surface area (Å²) in [6.07, 6.45) is 1.49. The molecule has 0 unspecified atom stereocenters. The van der Waals surface area contributed by atoms with Crippen molar-refractivity contribution in [3.63, 3.8) is 0 Å². The van der Waals surface area contributed by atoms with Crippen LogP contribution in [0.5, 0.6) is 0 Å². The van der Waals surface area contributed by atoms with Crippen LogP contribution in [0.15, 0.2) is 76.1 Å². The van der Waals surface area contributed by atoms with Gasteiger partial charge in [-0.25, -0.2) is 9.50 Å². The van der Waals surface area contributed by atoms with Gasteiger partial charge < -0.3 is 5.32 Å². The average Bonchev–Trinajstić information content (AvgIpc) is 3.11. The van der Waals surface area contributed by atoms with E-state index in [1.54, 1.807) is 0 Å². The second-order valence-electron chi connectivity index (χ2n) is 6.00. The Hall–Kier alpha value is -3.19. The molecular weight excluding hydrogens is 408 g/mol. The summed E-state index contributed by atoms with van der Waals surface area (Å²) in [5.41, 5.74) is 2.66. The fourth-order valence-corrected chi connectivity index (χ4v) is 3.28. The largest absolute Gasteiger partial charge is 0.348 e. The molecule has 2 aromatic carbocycles. The Morgan fingerprint density at radius 3 is 2.70 bits per heavy atom. The molecule has 0 aliphatic carbocycles. The van der Waals surface area contributed by atoms with Crippen molar-refractivity contribution in [3.05, 3.63) is 92.8 Å². The molecule has 0 spiro atoms. The summed E-state index contributed by atoms with van der Waals surface area (Å²) in [5, 5.41) is 5.66. The molecule has 4 rings (SSSR count). The zero-order valence-corrected chi connectivity index (χ0v) is 15.7. The Morgan fingerprint density at radius 2 is 1.93 bits per heavy atom. The van der Waals surface area contributed by atoms with Crippen LogP contribution in [0.25, 0.3) is 16.9 Å². The van der Waals surface area contributed by atoms with Gasteiger partial charge in [0.15, 0.2) is 5.65 Å². The molecule has 134 valence electrons. The molecule has 4 aromatic rings. The van der Waals surface area contributed by atoms with E-state index in [1.807, 2.05) is 54.6 Å². The van der Waals surface area contributed by atoms with Gasteiger partial charge in [-0.15, -0.1) is 0 Å². The van der Waals surface area contributed by atoms with E-state index >= 15 is 0 Å². The normalized spacial score (nSPS) is 10.9. The second-order valence-corrected chi connectivity index (χ2v) is 6.92. The number of aromatic nitrogens is 3.